The van der Waals surface area contributed by atoms with E-state index in [2.05, 4.69) is 15.9 Å². The van der Waals surface area contributed by atoms with Gasteiger partial charge >= 0.3 is 0 Å². The Kier molecular flexibility index (Phi) is 3.68. The zero-order valence-electron chi connectivity index (χ0n) is 7.42. The van der Waals surface area contributed by atoms with Crippen LogP contribution in [0, 0.1) is 17.2 Å². The molecule has 14 heavy (non-hydrogen) atoms. The molecule has 1 rings (SSSR count). The molecule has 0 N–H and O–H groups in total. The van der Waals surface area contributed by atoms with E-state index in [1.165, 1.54) is 0 Å². The molecule has 0 aromatic heterocycles. The van der Waals surface area contributed by atoms with Crippen LogP contribution in [0.2, 0.25) is 5.02 Å². The van der Waals surface area contributed by atoms with E-state index in [0.29, 0.717) is 15.1 Å². The monoisotopic (exact) mass is 271 g/mol. The summed E-state index contributed by atoms with van der Waals surface area (Å²) in [6.07, 6.45) is 0. The zero-order valence-corrected chi connectivity index (χ0v) is 9.76. The molecule has 0 amide bonds. The third-order valence-electron chi connectivity index (χ3n) is 1.79. The van der Waals surface area contributed by atoms with Crippen LogP contribution in [0.25, 0.3) is 0 Å². The van der Waals surface area contributed by atoms with Crippen LogP contribution in [0.3, 0.4) is 0 Å². The van der Waals surface area contributed by atoms with Gasteiger partial charge in [-0.25, -0.2) is 0 Å². The highest BCUT2D eigenvalue weighted by atomic mass is 79.9. The summed E-state index contributed by atoms with van der Waals surface area (Å²) in [5.74, 6) is -0.812. The second-order valence-corrected chi connectivity index (χ2v) is 4.11. The van der Waals surface area contributed by atoms with Gasteiger partial charge in [0.15, 0.2) is 5.78 Å². The first-order valence-corrected chi connectivity index (χ1v) is 5.12. The second-order valence-electron chi connectivity index (χ2n) is 2.84. The molecule has 2 nitrogen and oxygen atoms in total. The van der Waals surface area contributed by atoms with Crippen LogP contribution in [-0.2, 0) is 0 Å². The fourth-order valence-electron chi connectivity index (χ4n) is 0.958. The SMILES string of the molecule is CC(C#N)C(=O)c1ccc(Cl)c(Br)c1. The normalized spacial score (nSPS) is 11.9. The van der Waals surface area contributed by atoms with Gasteiger partial charge in [-0.1, -0.05) is 11.6 Å². The first-order valence-electron chi connectivity index (χ1n) is 3.95. The molecule has 0 saturated heterocycles. The largest absolute Gasteiger partial charge is 0.293 e. The van der Waals surface area contributed by atoms with E-state index < -0.39 is 5.92 Å². The van der Waals surface area contributed by atoms with Gasteiger partial charge in [0.05, 0.1) is 11.1 Å². The molecule has 0 bridgehead atoms. The minimum Gasteiger partial charge on any atom is -0.293 e. The van der Waals surface area contributed by atoms with Gasteiger partial charge in [-0.15, -0.1) is 0 Å². The maximum atomic E-state index is 11.6. The van der Waals surface area contributed by atoms with Crippen molar-refractivity contribution in [2.75, 3.05) is 0 Å². The number of nitriles is 1. The maximum Gasteiger partial charge on any atom is 0.179 e. The predicted molar refractivity (Wildman–Crippen MR) is 58.3 cm³/mol. The number of carbonyl (C=O) groups excluding carboxylic acids is 1. The van der Waals surface area contributed by atoms with Crippen LogP contribution < -0.4 is 0 Å². The minimum atomic E-state index is -0.622. The molecule has 72 valence electrons. The van der Waals surface area contributed by atoms with E-state index >= 15 is 0 Å². The van der Waals surface area contributed by atoms with Gasteiger partial charge < -0.3 is 0 Å². The Morgan fingerprint density at radius 1 is 1.64 bits per heavy atom. The van der Waals surface area contributed by atoms with E-state index in [-0.39, 0.29) is 5.78 Å². The highest BCUT2D eigenvalue weighted by molar-refractivity contribution is 9.10. The third kappa shape index (κ3) is 2.34. The Bertz CT molecular complexity index is 411. The summed E-state index contributed by atoms with van der Waals surface area (Å²) in [6, 6.07) is 6.77. The van der Waals surface area contributed by atoms with Gasteiger partial charge in [-0.2, -0.15) is 5.26 Å². The number of nitrogens with zero attached hydrogens (tertiary/aromatic N) is 1. The number of Topliss-reactive ketones (excluding diaryl/α,β-unsaturated/α-hetero) is 1. The summed E-state index contributed by atoms with van der Waals surface area (Å²) in [5, 5.41) is 9.13. The number of halogens is 2. The highest BCUT2D eigenvalue weighted by Gasteiger charge is 2.14. The molecule has 0 aliphatic carbocycles. The van der Waals surface area contributed by atoms with E-state index in [4.69, 9.17) is 16.9 Å². The van der Waals surface area contributed by atoms with Gasteiger partial charge in [0.2, 0.25) is 0 Å². The quantitative estimate of drug-likeness (QED) is 0.774. The summed E-state index contributed by atoms with van der Waals surface area (Å²) >= 11 is 8.99. The second kappa shape index (κ2) is 4.59. The molecule has 0 heterocycles. The summed E-state index contributed by atoms with van der Waals surface area (Å²) in [6.45, 7) is 1.57. The van der Waals surface area contributed by atoms with Crippen LogP contribution in [0.4, 0.5) is 0 Å². The van der Waals surface area contributed by atoms with Crippen LogP contribution >= 0.6 is 27.5 Å². The zero-order chi connectivity index (χ0) is 10.7. The first-order chi connectivity index (χ1) is 6.56. The number of rotatable bonds is 2. The average molecular weight is 273 g/mol. The molecular weight excluding hydrogens is 265 g/mol. The molecule has 1 atom stereocenters. The number of hydrogen-bond acceptors (Lipinski definition) is 2. The fraction of sp³-hybridized carbons (Fsp3) is 0.200. The molecule has 0 aliphatic rings. The first kappa shape index (κ1) is 11.2. The van der Waals surface area contributed by atoms with Crippen LogP contribution in [-0.4, -0.2) is 5.78 Å². The van der Waals surface area contributed by atoms with Crippen molar-refractivity contribution >= 4 is 33.3 Å². The van der Waals surface area contributed by atoms with Crippen molar-refractivity contribution in [3.63, 3.8) is 0 Å². The summed E-state index contributed by atoms with van der Waals surface area (Å²) in [7, 11) is 0. The number of ketones is 1. The summed E-state index contributed by atoms with van der Waals surface area (Å²) in [5.41, 5.74) is 0.496. The van der Waals surface area contributed by atoms with Crippen molar-refractivity contribution in [2.24, 2.45) is 5.92 Å². The van der Waals surface area contributed by atoms with Crippen molar-refractivity contribution in [1.82, 2.24) is 0 Å². The van der Waals surface area contributed by atoms with Crippen LogP contribution in [0.1, 0.15) is 17.3 Å². The topological polar surface area (TPSA) is 40.9 Å². The summed E-state index contributed by atoms with van der Waals surface area (Å²) in [4.78, 5) is 11.6. The van der Waals surface area contributed by atoms with Crippen molar-refractivity contribution in [1.29, 1.82) is 5.26 Å². The number of hydrogen-bond donors (Lipinski definition) is 0. The third-order valence-corrected chi connectivity index (χ3v) is 3.01. The number of benzene rings is 1. The van der Waals surface area contributed by atoms with E-state index in [9.17, 15) is 4.79 Å². The Labute approximate surface area is 95.6 Å². The average Bonchev–Trinajstić information content (AvgIpc) is 2.20. The number of carbonyl (C=O) groups is 1. The van der Waals surface area contributed by atoms with Gasteiger partial charge in [0.25, 0.3) is 0 Å². The van der Waals surface area contributed by atoms with Crippen LogP contribution in [0.15, 0.2) is 22.7 Å². The van der Waals surface area contributed by atoms with E-state index in [0.717, 1.165) is 0 Å². The van der Waals surface area contributed by atoms with E-state index in [1.54, 1.807) is 25.1 Å². The molecule has 1 aromatic rings. The lowest BCUT2D eigenvalue weighted by atomic mass is 10.0. The van der Waals surface area contributed by atoms with Crippen molar-refractivity contribution in [2.45, 2.75) is 6.92 Å². The van der Waals surface area contributed by atoms with Crippen molar-refractivity contribution < 1.29 is 4.79 Å². The van der Waals surface area contributed by atoms with E-state index in [1.807, 2.05) is 6.07 Å². The van der Waals surface area contributed by atoms with Gasteiger partial charge in [-0.05, 0) is 41.1 Å². The minimum absolute atomic E-state index is 0.190. The summed E-state index contributed by atoms with van der Waals surface area (Å²) < 4.78 is 0.662. The lowest BCUT2D eigenvalue weighted by Gasteiger charge is -2.03. The highest BCUT2D eigenvalue weighted by Crippen LogP contribution is 2.24. The van der Waals surface area contributed by atoms with Gasteiger partial charge in [-0.3, -0.25) is 4.79 Å². The molecule has 0 saturated carbocycles. The molecule has 0 radical (unpaired) electrons. The molecule has 4 heteroatoms. The van der Waals surface area contributed by atoms with Crippen molar-refractivity contribution in [3.8, 4) is 6.07 Å². The Hall–Kier alpha value is -0.850. The van der Waals surface area contributed by atoms with Gasteiger partial charge in [0.1, 0.15) is 5.92 Å². The predicted octanol–water partition coefficient (Wildman–Crippen LogP) is 3.44. The maximum absolute atomic E-state index is 11.6. The van der Waals surface area contributed by atoms with Crippen molar-refractivity contribution in [3.05, 3.63) is 33.3 Å². The lowest BCUT2D eigenvalue weighted by molar-refractivity contribution is 0.0956. The standard InChI is InChI=1S/C10H7BrClNO/c1-6(5-13)10(14)7-2-3-9(12)8(11)4-7/h2-4,6H,1H3. The Balaban J connectivity index is 3.04. The molecule has 1 aromatic carbocycles. The van der Waals surface area contributed by atoms with Gasteiger partial charge in [0, 0.05) is 10.0 Å². The fourth-order valence-corrected chi connectivity index (χ4v) is 1.45. The smallest absolute Gasteiger partial charge is 0.179 e. The Morgan fingerprint density at radius 2 is 2.29 bits per heavy atom. The Morgan fingerprint density at radius 3 is 2.79 bits per heavy atom. The molecule has 1 unspecified atom stereocenters. The molecular formula is C10H7BrClNO. The van der Waals surface area contributed by atoms with Crippen LogP contribution in [0.5, 0.6) is 0 Å². The lowest BCUT2D eigenvalue weighted by Crippen LogP contribution is -2.08. The molecule has 0 spiro atoms. The molecule has 0 aliphatic heterocycles. The molecule has 0 fully saturated rings.